The maximum atomic E-state index is 12.7. The molecule has 0 radical (unpaired) electrons. The monoisotopic (exact) mass is 453 g/mol. The highest BCUT2D eigenvalue weighted by molar-refractivity contribution is 6.05. The van der Waals surface area contributed by atoms with Crippen LogP contribution in [0.25, 0.3) is 0 Å². The molecule has 174 valence electrons. The van der Waals surface area contributed by atoms with Crippen LogP contribution >= 0.6 is 0 Å². The van der Waals surface area contributed by atoms with Gasteiger partial charge in [-0.3, -0.25) is 14.9 Å². The molecule has 9 nitrogen and oxygen atoms in total. The number of amides is 1. The van der Waals surface area contributed by atoms with Crippen molar-refractivity contribution in [3.05, 3.63) is 63.7 Å². The zero-order valence-electron chi connectivity index (χ0n) is 18.3. The lowest BCUT2D eigenvalue weighted by atomic mass is 9.98. The van der Waals surface area contributed by atoms with Gasteiger partial charge in [-0.15, -0.1) is 0 Å². The van der Waals surface area contributed by atoms with Crippen LogP contribution in [0.4, 0.5) is 17.1 Å². The number of carbonyl (C=O) groups is 2. The van der Waals surface area contributed by atoms with Gasteiger partial charge in [0, 0.05) is 30.4 Å². The summed E-state index contributed by atoms with van der Waals surface area (Å²) in [6.45, 7) is 2.12. The molecule has 1 saturated carbocycles. The van der Waals surface area contributed by atoms with Gasteiger partial charge < -0.3 is 19.7 Å². The number of hydrogen-bond donors (Lipinski definition) is 1. The van der Waals surface area contributed by atoms with E-state index in [1.54, 1.807) is 36.4 Å². The van der Waals surface area contributed by atoms with Crippen LogP contribution < -0.4 is 10.2 Å². The Morgan fingerprint density at radius 3 is 2.33 bits per heavy atom. The second-order valence-electron chi connectivity index (χ2n) is 8.26. The summed E-state index contributed by atoms with van der Waals surface area (Å²) in [5.41, 5.74) is 1.43. The molecule has 1 amide bonds. The molecule has 2 aromatic rings. The van der Waals surface area contributed by atoms with E-state index in [-0.39, 0.29) is 23.3 Å². The predicted molar refractivity (Wildman–Crippen MR) is 123 cm³/mol. The standard InChI is InChI=1S/C24H27N3O6/c28-23(18-8-11-21(22(16-18)27(30)31)26-12-14-32-15-13-26)25-19-9-6-17(7-10-19)24(29)33-20-4-2-1-3-5-20/h6-11,16,20H,1-5,12-15H2,(H,25,28). The average Bonchev–Trinajstić information content (AvgIpc) is 2.85. The number of benzene rings is 2. The Morgan fingerprint density at radius 2 is 1.67 bits per heavy atom. The Balaban J connectivity index is 1.41. The maximum absolute atomic E-state index is 12.7. The molecule has 9 heteroatoms. The van der Waals surface area contributed by atoms with Crippen LogP contribution in [-0.4, -0.2) is 49.2 Å². The number of nitro groups is 1. The largest absolute Gasteiger partial charge is 0.459 e. The van der Waals surface area contributed by atoms with Crippen molar-refractivity contribution in [3.8, 4) is 0 Å². The summed E-state index contributed by atoms with van der Waals surface area (Å²) in [7, 11) is 0. The molecule has 0 atom stereocenters. The Bertz CT molecular complexity index is 1010. The molecule has 33 heavy (non-hydrogen) atoms. The summed E-state index contributed by atoms with van der Waals surface area (Å²) in [5, 5.41) is 14.3. The topological polar surface area (TPSA) is 111 Å². The summed E-state index contributed by atoms with van der Waals surface area (Å²) >= 11 is 0. The first-order valence-electron chi connectivity index (χ1n) is 11.2. The normalized spacial score (nSPS) is 16.8. The zero-order valence-corrected chi connectivity index (χ0v) is 18.3. The molecule has 0 unspecified atom stereocenters. The van der Waals surface area contributed by atoms with Crippen molar-refractivity contribution in [2.75, 3.05) is 36.5 Å². The molecule has 2 fully saturated rings. The fourth-order valence-electron chi connectivity index (χ4n) is 4.18. The van der Waals surface area contributed by atoms with Crippen LogP contribution in [-0.2, 0) is 9.47 Å². The summed E-state index contributed by atoms with van der Waals surface area (Å²) in [6, 6.07) is 10.9. The van der Waals surface area contributed by atoms with Crippen LogP contribution in [0.1, 0.15) is 52.8 Å². The Kier molecular flexibility index (Phi) is 7.19. The molecule has 0 aromatic heterocycles. The van der Waals surface area contributed by atoms with Crippen LogP contribution in [0.2, 0.25) is 0 Å². The van der Waals surface area contributed by atoms with Crippen molar-refractivity contribution < 1.29 is 24.0 Å². The first-order chi connectivity index (χ1) is 16.0. The van der Waals surface area contributed by atoms with E-state index < -0.39 is 10.8 Å². The molecule has 0 spiro atoms. The summed E-state index contributed by atoms with van der Waals surface area (Å²) in [6.07, 6.45) is 5.11. The molecule has 0 bridgehead atoms. The summed E-state index contributed by atoms with van der Waals surface area (Å²) in [5.74, 6) is -0.835. The van der Waals surface area contributed by atoms with Crippen LogP contribution in [0.3, 0.4) is 0 Å². The van der Waals surface area contributed by atoms with Gasteiger partial charge in [0.2, 0.25) is 0 Å². The Hall–Kier alpha value is -3.46. The molecule has 1 aliphatic carbocycles. The highest BCUT2D eigenvalue weighted by Crippen LogP contribution is 2.30. The Labute approximate surface area is 191 Å². The van der Waals surface area contributed by atoms with E-state index in [4.69, 9.17) is 9.47 Å². The fourth-order valence-corrected chi connectivity index (χ4v) is 4.18. The third kappa shape index (κ3) is 5.67. The number of carbonyl (C=O) groups excluding carboxylic acids is 2. The molecular formula is C24H27N3O6. The van der Waals surface area contributed by atoms with Crippen molar-refractivity contribution in [2.24, 2.45) is 0 Å². The number of nitro benzene ring substituents is 1. The van der Waals surface area contributed by atoms with Gasteiger partial charge in [0.15, 0.2) is 0 Å². The van der Waals surface area contributed by atoms with Gasteiger partial charge in [0.25, 0.3) is 11.6 Å². The minimum atomic E-state index is -0.478. The number of ether oxygens (including phenoxy) is 2. The SMILES string of the molecule is O=C(Nc1ccc(C(=O)OC2CCCCC2)cc1)c1ccc(N2CCOCC2)c([N+](=O)[O-])c1. The second kappa shape index (κ2) is 10.4. The molecule has 1 saturated heterocycles. The lowest BCUT2D eigenvalue weighted by molar-refractivity contribution is -0.384. The van der Waals surface area contributed by atoms with Crippen LogP contribution in [0.5, 0.6) is 0 Å². The fraction of sp³-hybridized carbons (Fsp3) is 0.417. The van der Waals surface area contributed by atoms with Gasteiger partial charge in [-0.25, -0.2) is 4.79 Å². The number of hydrogen-bond acceptors (Lipinski definition) is 7. The van der Waals surface area contributed by atoms with E-state index in [0.717, 1.165) is 25.7 Å². The molecule has 1 N–H and O–H groups in total. The average molecular weight is 453 g/mol. The lowest BCUT2D eigenvalue weighted by Gasteiger charge is -2.28. The number of morpholine rings is 1. The number of esters is 1. The number of rotatable bonds is 6. The van der Waals surface area contributed by atoms with E-state index in [9.17, 15) is 19.7 Å². The first-order valence-corrected chi connectivity index (χ1v) is 11.2. The zero-order chi connectivity index (χ0) is 23.2. The smallest absolute Gasteiger partial charge is 0.338 e. The molecule has 1 aliphatic heterocycles. The maximum Gasteiger partial charge on any atom is 0.338 e. The number of nitrogens with one attached hydrogen (secondary N) is 1. The summed E-state index contributed by atoms with van der Waals surface area (Å²) in [4.78, 5) is 38.1. The first kappa shape index (κ1) is 22.7. The van der Waals surface area contributed by atoms with Gasteiger partial charge in [-0.1, -0.05) is 6.42 Å². The van der Waals surface area contributed by atoms with E-state index >= 15 is 0 Å². The van der Waals surface area contributed by atoms with Crippen LogP contribution in [0.15, 0.2) is 42.5 Å². The van der Waals surface area contributed by atoms with Crippen molar-refractivity contribution in [1.82, 2.24) is 0 Å². The van der Waals surface area contributed by atoms with Crippen molar-refractivity contribution in [3.63, 3.8) is 0 Å². The number of anilines is 2. The predicted octanol–water partition coefficient (Wildman–Crippen LogP) is 4.17. The van der Waals surface area contributed by atoms with E-state index in [1.807, 2.05) is 4.90 Å². The quantitative estimate of drug-likeness (QED) is 0.397. The summed E-state index contributed by atoms with van der Waals surface area (Å²) < 4.78 is 10.9. The Morgan fingerprint density at radius 1 is 1.00 bits per heavy atom. The van der Waals surface area contributed by atoms with Gasteiger partial charge in [0.1, 0.15) is 11.8 Å². The lowest BCUT2D eigenvalue weighted by Crippen LogP contribution is -2.36. The van der Waals surface area contributed by atoms with Gasteiger partial charge in [0.05, 0.1) is 23.7 Å². The van der Waals surface area contributed by atoms with E-state index in [2.05, 4.69) is 5.32 Å². The van der Waals surface area contributed by atoms with E-state index in [0.29, 0.717) is 43.2 Å². The van der Waals surface area contributed by atoms with Crippen molar-refractivity contribution >= 4 is 28.9 Å². The van der Waals surface area contributed by atoms with Gasteiger partial charge in [-0.05, 0) is 62.1 Å². The second-order valence-corrected chi connectivity index (χ2v) is 8.26. The highest BCUT2D eigenvalue weighted by Gasteiger charge is 2.24. The van der Waals surface area contributed by atoms with Crippen molar-refractivity contribution in [1.29, 1.82) is 0 Å². The van der Waals surface area contributed by atoms with Crippen molar-refractivity contribution in [2.45, 2.75) is 38.2 Å². The minimum absolute atomic E-state index is 0.0261. The van der Waals surface area contributed by atoms with Gasteiger partial charge in [-0.2, -0.15) is 0 Å². The molecule has 4 rings (SSSR count). The van der Waals surface area contributed by atoms with Gasteiger partial charge >= 0.3 is 5.97 Å². The molecule has 2 aromatic carbocycles. The van der Waals surface area contributed by atoms with Crippen LogP contribution in [0, 0.1) is 10.1 Å². The van der Waals surface area contributed by atoms with E-state index in [1.165, 1.54) is 12.5 Å². The third-order valence-electron chi connectivity index (χ3n) is 5.99. The highest BCUT2D eigenvalue weighted by atomic mass is 16.6. The number of nitrogens with zero attached hydrogens (tertiary/aromatic N) is 2. The molecule has 2 aliphatic rings. The minimum Gasteiger partial charge on any atom is -0.459 e. The third-order valence-corrected chi connectivity index (χ3v) is 5.99. The molecule has 1 heterocycles. The molecular weight excluding hydrogens is 426 g/mol.